The van der Waals surface area contributed by atoms with Crippen molar-refractivity contribution in [3.05, 3.63) is 35.4 Å². The molecular weight excluding hydrogens is 295 g/mol. The molecule has 0 aromatic heterocycles. The van der Waals surface area contributed by atoms with E-state index in [1.54, 1.807) is 0 Å². The molecule has 64 valence electrons. The standard InChI is InChI=1S/C7H4F2INS/c8-6-2-1-5(3-7(6)9)4-11-12-10/h1-4H/b11-4+. The second kappa shape index (κ2) is 4.76. The number of rotatable bonds is 2. The van der Waals surface area contributed by atoms with E-state index >= 15 is 0 Å². The van der Waals surface area contributed by atoms with Crippen molar-refractivity contribution in [1.29, 1.82) is 0 Å². The first kappa shape index (κ1) is 9.91. The number of hydrogen-bond donors (Lipinski definition) is 0. The van der Waals surface area contributed by atoms with Crippen molar-refractivity contribution in [2.75, 3.05) is 0 Å². The van der Waals surface area contributed by atoms with Crippen LogP contribution in [0.1, 0.15) is 5.56 Å². The van der Waals surface area contributed by atoms with Crippen LogP contribution in [0.25, 0.3) is 0 Å². The Morgan fingerprint density at radius 3 is 2.67 bits per heavy atom. The van der Waals surface area contributed by atoms with Gasteiger partial charge in [-0.3, -0.25) is 0 Å². The molecule has 0 fully saturated rings. The van der Waals surface area contributed by atoms with Gasteiger partial charge in [0.25, 0.3) is 0 Å². The summed E-state index contributed by atoms with van der Waals surface area (Å²) >= 11 is 1.98. The van der Waals surface area contributed by atoms with Crippen molar-refractivity contribution in [3.8, 4) is 0 Å². The molecule has 0 aliphatic carbocycles. The van der Waals surface area contributed by atoms with Crippen LogP contribution in [0.2, 0.25) is 0 Å². The van der Waals surface area contributed by atoms with Crippen molar-refractivity contribution >= 4 is 36.5 Å². The summed E-state index contributed by atoms with van der Waals surface area (Å²) in [5.41, 5.74) is 0.554. The second-order valence-corrected chi connectivity index (χ2v) is 3.51. The van der Waals surface area contributed by atoms with E-state index in [1.165, 1.54) is 21.4 Å². The lowest BCUT2D eigenvalue weighted by atomic mass is 10.2. The highest BCUT2D eigenvalue weighted by molar-refractivity contribution is 14.2. The van der Waals surface area contributed by atoms with E-state index in [-0.39, 0.29) is 0 Å². The molecule has 0 radical (unpaired) electrons. The summed E-state index contributed by atoms with van der Waals surface area (Å²) in [6, 6.07) is 3.65. The van der Waals surface area contributed by atoms with E-state index in [4.69, 9.17) is 0 Å². The lowest BCUT2D eigenvalue weighted by Gasteiger charge is -1.93. The van der Waals surface area contributed by atoms with Gasteiger partial charge in [-0.25, -0.2) is 13.2 Å². The van der Waals surface area contributed by atoms with Gasteiger partial charge < -0.3 is 0 Å². The van der Waals surface area contributed by atoms with Gasteiger partial charge in [0.2, 0.25) is 0 Å². The van der Waals surface area contributed by atoms with E-state index in [2.05, 4.69) is 4.40 Å². The summed E-state index contributed by atoms with van der Waals surface area (Å²) in [5.74, 6) is -1.69. The molecule has 1 aromatic rings. The third-order valence-corrected chi connectivity index (χ3v) is 2.05. The van der Waals surface area contributed by atoms with Crippen molar-refractivity contribution in [2.45, 2.75) is 0 Å². The summed E-state index contributed by atoms with van der Waals surface area (Å²) in [7, 11) is 1.23. The molecule has 12 heavy (non-hydrogen) atoms. The molecule has 0 aliphatic rings. The summed E-state index contributed by atoms with van der Waals surface area (Å²) < 4.78 is 28.8. The molecule has 0 atom stereocenters. The molecule has 0 unspecified atom stereocenters. The Morgan fingerprint density at radius 2 is 2.08 bits per heavy atom. The van der Waals surface area contributed by atoms with Crippen LogP contribution in [0, 0.1) is 11.6 Å². The summed E-state index contributed by atoms with van der Waals surface area (Å²) in [6.45, 7) is 0. The number of benzene rings is 1. The Morgan fingerprint density at radius 1 is 1.33 bits per heavy atom. The normalized spacial score (nSPS) is 10.9. The van der Waals surface area contributed by atoms with Crippen molar-refractivity contribution in [3.63, 3.8) is 0 Å². The van der Waals surface area contributed by atoms with Gasteiger partial charge in [-0.1, -0.05) is 6.07 Å². The van der Waals surface area contributed by atoms with Gasteiger partial charge in [-0.05, 0) is 17.7 Å². The SMILES string of the molecule is Fc1ccc(/C=N/SI)cc1F. The fraction of sp³-hybridized carbons (Fsp3) is 0. The monoisotopic (exact) mass is 299 g/mol. The topological polar surface area (TPSA) is 12.4 Å². The minimum atomic E-state index is -0.850. The maximum Gasteiger partial charge on any atom is 0.159 e. The Labute approximate surface area is 85.0 Å². The third-order valence-electron chi connectivity index (χ3n) is 1.19. The minimum absolute atomic E-state index is 0.554. The zero-order valence-electron chi connectivity index (χ0n) is 5.80. The van der Waals surface area contributed by atoms with Gasteiger partial charge in [-0.15, -0.1) is 0 Å². The predicted octanol–water partition coefficient (Wildman–Crippen LogP) is 3.38. The van der Waals surface area contributed by atoms with E-state index in [0.717, 1.165) is 12.1 Å². The average Bonchev–Trinajstić information content (AvgIpc) is 2.07. The molecule has 0 aliphatic heterocycles. The largest absolute Gasteiger partial charge is 0.213 e. The van der Waals surface area contributed by atoms with Crippen LogP contribution in [0.15, 0.2) is 22.6 Å². The molecule has 0 bridgehead atoms. The summed E-state index contributed by atoms with van der Waals surface area (Å²) in [4.78, 5) is 0. The molecule has 0 saturated carbocycles. The molecule has 1 nitrogen and oxygen atoms in total. The first-order valence-corrected chi connectivity index (χ1v) is 6.32. The van der Waals surface area contributed by atoms with Crippen LogP contribution >= 0.6 is 30.3 Å². The zero-order chi connectivity index (χ0) is 8.97. The second-order valence-electron chi connectivity index (χ2n) is 1.98. The van der Waals surface area contributed by atoms with Gasteiger partial charge in [0.1, 0.15) is 0 Å². The molecule has 5 heteroatoms. The maximum atomic E-state index is 12.6. The molecular formula is C7H4F2INS. The fourth-order valence-corrected chi connectivity index (χ4v) is 1.18. The van der Waals surface area contributed by atoms with E-state index < -0.39 is 11.6 Å². The highest BCUT2D eigenvalue weighted by atomic mass is 127. The van der Waals surface area contributed by atoms with Gasteiger partial charge >= 0.3 is 0 Å². The quantitative estimate of drug-likeness (QED) is 0.463. The lowest BCUT2D eigenvalue weighted by molar-refractivity contribution is 0.508. The molecule has 1 aromatic carbocycles. The lowest BCUT2D eigenvalue weighted by Crippen LogP contribution is -1.86. The molecule has 0 spiro atoms. The summed E-state index contributed by atoms with van der Waals surface area (Å²) in [6.07, 6.45) is 1.47. The zero-order valence-corrected chi connectivity index (χ0v) is 8.77. The van der Waals surface area contributed by atoms with Crippen LogP contribution in [-0.2, 0) is 0 Å². The highest BCUT2D eigenvalue weighted by Gasteiger charge is 1.99. The van der Waals surface area contributed by atoms with Crippen LogP contribution < -0.4 is 0 Å². The number of nitrogens with zero attached hydrogens (tertiary/aromatic N) is 1. The third kappa shape index (κ3) is 2.71. The van der Waals surface area contributed by atoms with Crippen molar-refractivity contribution < 1.29 is 8.78 Å². The maximum absolute atomic E-state index is 12.6. The predicted molar refractivity (Wildman–Crippen MR) is 55.6 cm³/mol. The Balaban J connectivity index is 2.89. The molecule has 0 amide bonds. The van der Waals surface area contributed by atoms with E-state index in [9.17, 15) is 8.78 Å². The highest BCUT2D eigenvalue weighted by Crippen LogP contribution is 2.12. The van der Waals surface area contributed by atoms with Gasteiger partial charge in [-0.2, -0.15) is 0 Å². The van der Waals surface area contributed by atoms with Gasteiger partial charge in [0, 0.05) is 36.5 Å². The minimum Gasteiger partial charge on any atom is -0.213 e. The fourth-order valence-electron chi connectivity index (χ4n) is 0.673. The summed E-state index contributed by atoms with van der Waals surface area (Å²) in [5, 5.41) is 0. The van der Waals surface area contributed by atoms with Gasteiger partial charge in [0.05, 0.1) is 0 Å². The molecule has 0 saturated heterocycles. The van der Waals surface area contributed by atoms with Crippen LogP contribution in [0.5, 0.6) is 0 Å². The van der Waals surface area contributed by atoms with Crippen molar-refractivity contribution in [1.82, 2.24) is 0 Å². The van der Waals surface area contributed by atoms with Crippen LogP contribution in [-0.4, -0.2) is 6.21 Å². The number of hydrogen-bond acceptors (Lipinski definition) is 2. The Bertz CT molecular complexity index is 303. The molecule has 1 rings (SSSR count). The van der Waals surface area contributed by atoms with E-state index in [0.29, 0.717) is 5.56 Å². The van der Waals surface area contributed by atoms with Crippen molar-refractivity contribution in [2.24, 2.45) is 4.40 Å². The van der Waals surface area contributed by atoms with Gasteiger partial charge in [0.15, 0.2) is 11.6 Å². The molecule has 0 heterocycles. The first-order valence-electron chi connectivity index (χ1n) is 3.00. The van der Waals surface area contributed by atoms with E-state index in [1.807, 2.05) is 21.2 Å². The van der Waals surface area contributed by atoms with Crippen LogP contribution in [0.4, 0.5) is 8.78 Å². The smallest absolute Gasteiger partial charge is 0.159 e. The Hall–Kier alpha value is -0.170. The average molecular weight is 299 g/mol. The molecule has 0 N–H and O–H groups in total. The first-order chi connectivity index (χ1) is 5.74. The van der Waals surface area contributed by atoms with Crippen LogP contribution in [0.3, 0.4) is 0 Å². The number of halogens is 3. The Kier molecular flexibility index (Phi) is 3.93.